The molecule has 1 N–H and O–H groups in total. The molecule has 2 atom stereocenters. The molecule has 1 heterocycles. The summed E-state index contributed by atoms with van der Waals surface area (Å²) in [6, 6.07) is 2.56. The molecule has 0 fully saturated rings. The zero-order chi connectivity index (χ0) is 11.4. The van der Waals surface area contributed by atoms with Gasteiger partial charge >= 0.3 is 0 Å². The SMILES string of the molecule is CC(Br)C(C)NC(=O)c1ccc(F)cn1. The van der Waals surface area contributed by atoms with Gasteiger partial charge in [-0.05, 0) is 19.1 Å². The number of hydrogen-bond acceptors (Lipinski definition) is 2. The van der Waals surface area contributed by atoms with E-state index in [1.807, 2.05) is 13.8 Å². The molecule has 5 heteroatoms. The highest BCUT2D eigenvalue weighted by atomic mass is 79.9. The van der Waals surface area contributed by atoms with Crippen LogP contribution in [0.5, 0.6) is 0 Å². The van der Waals surface area contributed by atoms with Crippen LogP contribution in [0.4, 0.5) is 4.39 Å². The van der Waals surface area contributed by atoms with Gasteiger partial charge in [-0.25, -0.2) is 9.37 Å². The highest BCUT2D eigenvalue weighted by molar-refractivity contribution is 9.09. The molecule has 0 radical (unpaired) electrons. The number of halogens is 2. The van der Waals surface area contributed by atoms with Crippen molar-refractivity contribution in [2.45, 2.75) is 24.7 Å². The summed E-state index contributed by atoms with van der Waals surface area (Å²) in [5, 5.41) is 2.74. The molecule has 0 spiro atoms. The lowest BCUT2D eigenvalue weighted by molar-refractivity contribution is 0.0935. The second-order valence-corrected chi connectivity index (χ2v) is 4.75. The van der Waals surface area contributed by atoms with Crippen LogP contribution < -0.4 is 5.32 Å². The first-order valence-corrected chi connectivity index (χ1v) is 5.48. The summed E-state index contributed by atoms with van der Waals surface area (Å²) in [6.45, 7) is 3.81. The normalized spacial score (nSPS) is 14.4. The van der Waals surface area contributed by atoms with E-state index >= 15 is 0 Å². The Bertz CT molecular complexity index is 340. The Hall–Kier alpha value is -0.970. The third-order valence-electron chi connectivity index (χ3n) is 2.01. The molecular weight excluding hydrogens is 263 g/mol. The van der Waals surface area contributed by atoms with Crippen LogP contribution in [-0.4, -0.2) is 21.8 Å². The van der Waals surface area contributed by atoms with Crippen LogP contribution in [-0.2, 0) is 0 Å². The first kappa shape index (κ1) is 12.1. The Morgan fingerprint density at radius 2 is 2.20 bits per heavy atom. The average molecular weight is 275 g/mol. The molecule has 0 saturated heterocycles. The number of alkyl halides is 1. The zero-order valence-corrected chi connectivity index (χ0v) is 10.1. The van der Waals surface area contributed by atoms with Gasteiger partial charge in [-0.15, -0.1) is 0 Å². The number of hydrogen-bond donors (Lipinski definition) is 1. The number of rotatable bonds is 3. The number of nitrogens with zero attached hydrogens (tertiary/aromatic N) is 1. The summed E-state index contributed by atoms with van der Waals surface area (Å²) in [7, 11) is 0. The number of carbonyl (C=O) groups is 1. The first-order chi connectivity index (χ1) is 7.00. The number of amides is 1. The van der Waals surface area contributed by atoms with Crippen molar-refractivity contribution in [3.8, 4) is 0 Å². The zero-order valence-electron chi connectivity index (χ0n) is 8.50. The molecule has 2 unspecified atom stereocenters. The van der Waals surface area contributed by atoms with Gasteiger partial charge in [-0.1, -0.05) is 22.9 Å². The minimum atomic E-state index is -0.451. The Labute approximate surface area is 96.2 Å². The van der Waals surface area contributed by atoms with Gasteiger partial charge in [0.25, 0.3) is 5.91 Å². The van der Waals surface area contributed by atoms with Gasteiger partial charge < -0.3 is 5.32 Å². The summed E-state index contributed by atoms with van der Waals surface area (Å²) in [4.78, 5) is 15.4. The van der Waals surface area contributed by atoms with Gasteiger partial charge in [0.15, 0.2) is 0 Å². The van der Waals surface area contributed by atoms with Crippen LogP contribution in [0, 0.1) is 5.82 Å². The average Bonchev–Trinajstić information content (AvgIpc) is 2.18. The van der Waals surface area contributed by atoms with Crippen LogP contribution in [0.15, 0.2) is 18.3 Å². The van der Waals surface area contributed by atoms with Crippen molar-refractivity contribution in [2.24, 2.45) is 0 Å². The minimum Gasteiger partial charge on any atom is -0.347 e. The largest absolute Gasteiger partial charge is 0.347 e. The Balaban J connectivity index is 2.65. The van der Waals surface area contributed by atoms with E-state index in [-0.39, 0.29) is 22.5 Å². The molecule has 82 valence electrons. The third-order valence-corrected chi connectivity index (χ3v) is 2.80. The van der Waals surface area contributed by atoms with Crippen molar-refractivity contribution >= 4 is 21.8 Å². The van der Waals surface area contributed by atoms with Gasteiger partial charge in [0, 0.05) is 10.9 Å². The quantitative estimate of drug-likeness (QED) is 0.858. The molecule has 0 saturated carbocycles. The second-order valence-electron chi connectivity index (χ2n) is 3.30. The lowest BCUT2D eigenvalue weighted by Crippen LogP contribution is -2.37. The van der Waals surface area contributed by atoms with Crippen molar-refractivity contribution < 1.29 is 9.18 Å². The maximum Gasteiger partial charge on any atom is 0.270 e. The first-order valence-electron chi connectivity index (χ1n) is 4.57. The van der Waals surface area contributed by atoms with E-state index in [4.69, 9.17) is 0 Å². The van der Waals surface area contributed by atoms with Crippen LogP contribution in [0.1, 0.15) is 24.3 Å². The van der Waals surface area contributed by atoms with E-state index in [0.29, 0.717) is 0 Å². The minimum absolute atomic E-state index is 0.00986. The van der Waals surface area contributed by atoms with Crippen LogP contribution in [0.25, 0.3) is 0 Å². The molecule has 15 heavy (non-hydrogen) atoms. The van der Waals surface area contributed by atoms with Crippen molar-refractivity contribution in [3.63, 3.8) is 0 Å². The fourth-order valence-electron chi connectivity index (χ4n) is 0.906. The number of carbonyl (C=O) groups excluding carboxylic acids is 1. The van der Waals surface area contributed by atoms with Crippen molar-refractivity contribution in [2.75, 3.05) is 0 Å². The van der Waals surface area contributed by atoms with E-state index in [2.05, 4.69) is 26.2 Å². The van der Waals surface area contributed by atoms with Gasteiger partial charge in [0.1, 0.15) is 11.5 Å². The highest BCUT2D eigenvalue weighted by Gasteiger charge is 2.14. The molecule has 0 aliphatic carbocycles. The monoisotopic (exact) mass is 274 g/mol. The summed E-state index contributed by atoms with van der Waals surface area (Å²) < 4.78 is 12.5. The summed E-state index contributed by atoms with van der Waals surface area (Å²) in [6.07, 6.45) is 1.02. The molecule has 1 amide bonds. The topological polar surface area (TPSA) is 42.0 Å². The molecule has 1 aromatic heterocycles. The third kappa shape index (κ3) is 3.58. The highest BCUT2D eigenvalue weighted by Crippen LogP contribution is 2.05. The molecule has 1 rings (SSSR count). The van der Waals surface area contributed by atoms with Gasteiger partial charge in [-0.3, -0.25) is 4.79 Å². The summed E-state index contributed by atoms with van der Waals surface area (Å²) in [5.74, 6) is -0.748. The van der Waals surface area contributed by atoms with Crippen LogP contribution in [0.2, 0.25) is 0 Å². The smallest absolute Gasteiger partial charge is 0.270 e. The van der Waals surface area contributed by atoms with E-state index < -0.39 is 5.82 Å². The summed E-state index contributed by atoms with van der Waals surface area (Å²) in [5.41, 5.74) is 0.219. The molecular formula is C10H12BrFN2O. The maximum absolute atomic E-state index is 12.5. The van der Waals surface area contributed by atoms with Crippen molar-refractivity contribution in [3.05, 3.63) is 29.8 Å². The fourth-order valence-corrected chi connectivity index (χ4v) is 1.04. The van der Waals surface area contributed by atoms with E-state index in [1.54, 1.807) is 0 Å². The lowest BCUT2D eigenvalue weighted by atomic mass is 10.2. The molecule has 0 bridgehead atoms. The molecule has 0 aliphatic heterocycles. The molecule has 0 aromatic carbocycles. The van der Waals surface area contributed by atoms with Crippen LogP contribution in [0.3, 0.4) is 0 Å². The molecule has 0 aliphatic rings. The van der Waals surface area contributed by atoms with Gasteiger partial charge in [0.2, 0.25) is 0 Å². The summed E-state index contributed by atoms with van der Waals surface area (Å²) >= 11 is 3.36. The van der Waals surface area contributed by atoms with E-state index in [9.17, 15) is 9.18 Å². The van der Waals surface area contributed by atoms with Gasteiger partial charge in [-0.2, -0.15) is 0 Å². The second kappa shape index (κ2) is 5.21. The number of pyridine rings is 1. The van der Waals surface area contributed by atoms with E-state index in [0.717, 1.165) is 6.20 Å². The predicted molar refractivity (Wildman–Crippen MR) is 59.5 cm³/mol. The number of aromatic nitrogens is 1. The van der Waals surface area contributed by atoms with Crippen LogP contribution >= 0.6 is 15.9 Å². The Kier molecular flexibility index (Phi) is 4.20. The number of nitrogens with one attached hydrogen (secondary N) is 1. The maximum atomic E-state index is 12.5. The fraction of sp³-hybridized carbons (Fsp3) is 0.400. The van der Waals surface area contributed by atoms with Gasteiger partial charge in [0.05, 0.1) is 6.20 Å². The van der Waals surface area contributed by atoms with Crippen molar-refractivity contribution in [1.29, 1.82) is 0 Å². The standard InChI is InChI=1S/C10H12BrFN2O/c1-6(11)7(2)14-10(15)9-4-3-8(12)5-13-9/h3-7H,1-2H3,(H,14,15). The molecule has 1 aromatic rings. The lowest BCUT2D eigenvalue weighted by Gasteiger charge is -2.15. The van der Waals surface area contributed by atoms with Crippen molar-refractivity contribution in [1.82, 2.24) is 10.3 Å². The predicted octanol–water partition coefficient (Wildman–Crippen LogP) is 2.12. The Morgan fingerprint density at radius 3 is 2.67 bits per heavy atom. The Morgan fingerprint density at radius 1 is 1.53 bits per heavy atom. The van der Waals surface area contributed by atoms with E-state index in [1.165, 1.54) is 12.1 Å². The molecule has 3 nitrogen and oxygen atoms in total.